The first kappa shape index (κ1) is 11.9. The van der Waals surface area contributed by atoms with Gasteiger partial charge in [-0.15, -0.1) is 11.3 Å². The highest BCUT2D eigenvalue weighted by molar-refractivity contribution is 7.25. The molecule has 1 aromatic heterocycles. The smallest absolute Gasteiger partial charge is 0.379 e. The van der Waals surface area contributed by atoms with E-state index in [0.717, 1.165) is 15.5 Å². The average Bonchev–Trinajstić information content (AvgIpc) is 2.83. The molecule has 0 N–H and O–H groups in total. The van der Waals surface area contributed by atoms with E-state index >= 15 is 0 Å². The van der Waals surface area contributed by atoms with Crippen LogP contribution in [0, 0.1) is 0 Å². The number of esters is 1. The van der Waals surface area contributed by atoms with Crippen LogP contribution in [0.5, 0.6) is 0 Å². The Balaban J connectivity index is 2.22. The van der Waals surface area contributed by atoms with Crippen LogP contribution in [-0.4, -0.2) is 18.9 Å². The van der Waals surface area contributed by atoms with Crippen molar-refractivity contribution in [3.05, 3.63) is 48.0 Å². The fraction of sp³-hybridized carbons (Fsp3) is 0.0667. The average molecular weight is 270 g/mol. The van der Waals surface area contributed by atoms with Gasteiger partial charge in [0.05, 0.1) is 7.11 Å². The van der Waals surface area contributed by atoms with Gasteiger partial charge in [0.1, 0.15) is 0 Å². The van der Waals surface area contributed by atoms with E-state index < -0.39 is 11.8 Å². The van der Waals surface area contributed by atoms with E-state index in [1.807, 2.05) is 30.3 Å². The minimum absolute atomic E-state index is 0.364. The van der Waals surface area contributed by atoms with Gasteiger partial charge in [0, 0.05) is 25.7 Å². The van der Waals surface area contributed by atoms with Crippen molar-refractivity contribution in [3.8, 4) is 0 Å². The lowest BCUT2D eigenvalue weighted by molar-refractivity contribution is -0.135. The van der Waals surface area contributed by atoms with E-state index in [2.05, 4.69) is 4.74 Å². The number of carbonyl (C=O) groups is 2. The SMILES string of the molecule is COC(=O)C(=O)c1ccc2sc3ccccc3c2c1. The summed E-state index contributed by atoms with van der Waals surface area (Å²) in [4.78, 5) is 23.1. The van der Waals surface area contributed by atoms with Crippen molar-refractivity contribution in [2.24, 2.45) is 0 Å². The molecule has 3 nitrogen and oxygen atoms in total. The number of benzene rings is 2. The third kappa shape index (κ3) is 1.90. The van der Waals surface area contributed by atoms with Gasteiger partial charge < -0.3 is 4.74 Å². The molecule has 0 atom stereocenters. The number of hydrogen-bond donors (Lipinski definition) is 0. The Morgan fingerprint density at radius 1 is 1.00 bits per heavy atom. The number of rotatable bonds is 2. The Bertz CT molecular complexity index is 801. The highest BCUT2D eigenvalue weighted by Crippen LogP contribution is 2.34. The molecule has 0 saturated heterocycles. The first-order chi connectivity index (χ1) is 9.20. The monoisotopic (exact) mass is 270 g/mol. The molecule has 4 heteroatoms. The second-order valence-corrected chi connectivity index (χ2v) is 5.21. The molecule has 0 bridgehead atoms. The standard InChI is InChI=1S/C15H10O3S/c1-18-15(17)14(16)9-6-7-13-11(8-9)10-4-2-3-5-12(10)19-13/h2-8H,1H3. The topological polar surface area (TPSA) is 43.4 Å². The molecule has 3 aromatic rings. The molecule has 0 amide bonds. The third-order valence-corrected chi connectivity index (χ3v) is 4.16. The predicted octanol–water partition coefficient (Wildman–Crippen LogP) is 3.41. The molecule has 94 valence electrons. The zero-order valence-corrected chi connectivity index (χ0v) is 11.0. The molecule has 19 heavy (non-hydrogen) atoms. The summed E-state index contributed by atoms with van der Waals surface area (Å²) < 4.78 is 6.73. The maximum Gasteiger partial charge on any atom is 0.379 e. The van der Waals surface area contributed by atoms with Gasteiger partial charge in [0.2, 0.25) is 0 Å². The van der Waals surface area contributed by atoms with Gasteiger partial charge in [-0.2, -0.15) is 0 Å². The normalized spacial score (nSPS) is 10.8. The van der Waals surface area contributed by atoms with Crippen LogP contribution in [0.3, 0.4) is 0 Å². The summed E-state index contributed by atoms with van der Waals surface area (Å²) in [7, 11) is 1.21. The number of carbonyl (C=O) groups excluding carboxylic acids is 2. The van der Waals surface area contributed by atoms with Crippen molar-refractivity contribution in [2.45, 2.75) is 0 Å². The van der Waals surface area contributed by atoms with Crippen LogP contribution in [0.1, 0.15) is 10.4 Å². The van der Waals surface area contributed by atoms with E-state index in [4.69, 9.17) is 0 Å². The first-order valence-corrected chi connectivity index (χ1v) is 6.56. The molecular formula is C15H10O3S. The molecule has 3 rings (SSSR count). The van der Waals surface area contributed by atoms with E-state index in [0.29, 0.717) is 5.56 Å². The number of fused-ring (bicyclic) bond motifs is 3. The molecule has 0 radical (unpaired) electrons. The Hall–Kier alpha value is -2.20. The lowest BCUT2D eigenvalue weighted by Gasteiger charge is -1.99. The molecule has 0 spiro atoms. The highest BCUT2D eigenvalue weighted by atomic mass is 32.1. The fourth-order valence-corrected chi connectivity index (χ4v) is 3.16. The molecular weight excluding hydrogens is 260 g/mol. The first-order valence-electron chi connectivity index (χ1n) is 5.74. The molecule has 0 saturated carbocycles. The Morgan fingerprint density at radius 2 is 1.74 bits per heavy atom. The molecule has 2 aromatic carbocycles. The molecule has 1 heterocycles. The molecule has 0 unspecified atom stereocenters. The second-order valence-electron chi connectivity index (χ2n) is 4.13. The quantitative estimate of drug-likeness (QED) is 0.407. The summed E-state index contributed by atoms with van der Waals surface area (Å²) in [6.45, 7) is 0. The van der Waals surface area contributed by atoms with Crippen molar-refractivity contribution in [3.63, 3.8) is 0 Å². The molecule has 0 aliphatic carbocycles. The van der Waals surface area contributed by atoms with Crippen molar-refractivity contribution < 1.29 is 14.3 Å². The Labute approximate surface area is 113 Å². The summed E-state index contributed by atoms with van der Waals surface area (Å²) in [5.41, 5.74) is 0.364. The number of methoxy groups -OCH3 is 1. The van der Waals surface area contributed by atoms with E-state index in [1.54, 1.807) is 23.5 Å². The van der Waals surface area contributed by atoms with Crippen molar-refractivity contribution in [1.29, 1.82) is 0 Å². The lowest BCUT2D eigenvalue weighted by atomic mass is 10.1. The number of hydrogen-bond acceptors (Lipinski definition) is 4. The van der Waals surface area contributed by atoms with Crippen molar-refractivity contribution in [1.82, 2.24) is 0 Å². The minimum Gasteiger partial charge on any atom is -0.463 e. The summed E-state index contributed by atoms with van der Waals surface area (Å²) in [5, 5.41) is 2.09. The largest absolute Gasteiger partial charge is 0.463 e. The van der Waals surface area contributed by atoms with Gasteiger partial charge in [-0.25, -0.2) is 4.79 Å². The number of ketones is 1. The van der Waals surface area contributed by atoms with Crippen LogP contribution in [0.25, 0.3) is 20.2 Å². The summed E-state index contributed by atoms with van der Waals surface area (Å²) in [6, 6.07) is 13.3. The number of thiophene rings is 1. The number of Topliss-reactive ketones (excluding diaryl/α,β-unsaturated/α-hetero) is 1. The highest BCUT2D eigenvalue weighted by Gasteiger charge is 2.17. The van der Waals surface area contributed by atoms with Crippen molar-refractivity contribution >= 4 is 43.3 Å². The maximum absolute atomic E-state index is 11.8. The van der Waals surface area contributed by atoms with Crippen molar-refractivity contribution in [2.75, 3.05) is 7.11 Å². The van der Waals surface area contributed by atoms with Crippen LogP contribution in [-0.2, 0) is 9.53 Å². The van der Waals surface area contributed by atoms with E-state index in [1.165, 1.54) is 11.8 Å². The second kappa shape index (κ2) is 4.48. The summed E-state index contributed by atoms with van der Waals surface area (Å²) in [6.07, 6.45) is 0. The Kier molecular flexibility index (Phi) is 2.80. The zero-order valence-electron chi connectivity index (χ0n) is 10.2. The molecule has 0 aliphatic rings. The minimum atomic E-state index is -0.834. The fourth-order valence-electron chi connectivity index (χ4n) is 2.08. The van der Waals surface area contributed by atoms with Crippen LogP contribution < -0.4 is 0 Å². The zero-order chi connectivity index (χ0) is 13.4. The summed E-state index contributed by atoms with van der Waals surface area (Å²) in [5.74, 6) is -1.45. The van der Waals surface area contributed by atoms with Gasteiger partial charge in [0.25, 0.3) is 5.78 Å². The molecule has 0 fully saturated rings. The van der Waals surface area contributed by atoms with Gasteiger partial charge in [-0.3, -0.25) is 4.79 Å². The van der Waals surface area contributed by atoms with Gasteiger partial charge >= 0.3 is 5.97 Å². The maximum atomic E-state index is 11.8. The van der Waals surface area contributed by atoms with Gasteiger partial charge in [0.15, 0.2) is 0 Å². The van der Waals surface area contributed by atoms with Gasteiger partial charge in [-0.05, 0) is 24.3 Å². The Morgan fingerprint density at radius 3 is 2.53 bits per heavy atom. The lowest BCUT2D eigenvalue weighted by Crippen LogP contribution is -2.15. The van der Waals surface area contributed by atoms with E-state index in [-0.39, 0.29) is 0 Å². The predicted molar refractivity (Wildman–Crippen MR) is 75.7 cm³/mol. The third-order valence-electron chi connectivity index (χ3n) is 3.01. The van der Waals surface area contributed by atoms with Gasteiger partial charge in [-0.1, -0.05) is 18.2 Å². The van der Waals surface area contributed by atoms with Crippen LogP contribution >= 0.6 is 11.3 Å². The molecule has 0 aliphatic heterocycles. The van der Waals surface area contributed by atoms with Crippen LogP contribution in [0.15, 0.2) is 42.5 Å². The summed E-state index contributed by atoms with van der Waals surface area (Å²) >= 11 is 1.67. The van der Waals surface area contributed by atoms with Crippen LogP contribution in [0.2, 0.25) is 0 Å². The number of ether oxygens (including phenoxy) is 1. The van der Waals surface area contributed by atoms with Crippen LogP contribution in [0.4, 0.5) is 0 Å². The van der Waals surface area contributed by atoms with E-state index in [9.17, 15) is 9.59 Å².